The van der Waals surface area contributed by atoms with Crippen molar-refractivity contribution in [3.05, 3.63) is 54.1 Å². The van der Waals surface area contributed by atoms with Gasteiger partial charge < -0.3 is 15.1 Å². The number of para-hydroxylation sites is 2. The predicted octanol–water partition coefficient (Wildman–Crippen LogP) is 3.79. The Bertz CT molecular complexity index is 1130. The van der Waals surface area contributed by atoms with Crippen LogP contribution in [0.1, 0.15) is 36.5 Å². The van der Waals surface area contributed by atoms with Crippen molar-refractivity contribution >= 4 is 46.1 Å². The summed E-state index contributed by atoms with van der Waals surface area (Å²) in [6.45, 7) is 2.05. The molecule has 0 bridgehead atoms. The lowest BCUT2D eigenvalue weighted by atomic mass is 9.98. The highest BCUT2D eigenvalue weighted by Gasteiger charge is 2.52. The van der Waals surface area contributed by atoms with E-state index in [4.69, 9.17) is 0 Å². The van der Waals surface area contributed by atoms with Gasteiger partial charge in [0.15, 0.2) is 0 Å². The van der Waals surface area contributed by atoms with Crippen LogP contribution in [-0.4, -0.2) is 59.1 Å². The topological polar surface area (TPSA) is 90.0 Å². The monoisotopic (exact) mass is 466 g/mol. The van der Waals surface area contributed by atoms with Crippen LogP contribution < -0.4 is 10.2 Å². The number of carbonyl (C=O) groups excluding carboxylic acids is 4. The first-order valence-electron chi connectivity index (χ1n) is 10.7. The van der Waals surface area contributed by atoms with Gasteiger partial charge in [0.2, 0.25) is 11.8 Å². The Morgan fingerprint density at radius 3 is 2.55 bits per heavy atom. The third-order valence-corrected chi connectivity index (χ3v) is 7.15. The Labute approximate surface area is 196 Å². The summed E-state index contributed by atoms with van der Waals surface area (Å²) in [6.07, 6.45) is 0.928. The molecule has 2 aliphatic rings. The van der Waals surface area contributed by atoms with E-state index in [-0.39, 0.29) is 35.9 Å². The maximum absolute atomic E-state index is 13.3. The van der Waals surface area contributed by atoms with Crippen molar-refractivity contribution in [1.82, 2.24) is 9.80 Å². The quantitative estimate of drug-likeness (QED) is 0.677. The molecule has 1 atom stereocenters. The zero-order valence-electron chi connectivity index (χ0n) is 18.8. The highest BCUT2D eigenvalue weighted by Crippen LogP contribution is 2.44. The van der Waals surface area contributed by atoms with Crippen LogP contribution in [0.3, 0.4) is 0 Å². The molecule has 1 saturated heterocycles. The van der Waals surface area contributed by atoms with Crippen molar-refractivity contribution in [3.8, 4) is 0 Å². The molecule has 0 saturated carbocycles. The first-order chi connectivity index (χ1) is 15.7. The second-order valence-corrected chi connectivity index (χ2v) is 9.47. The van der Waals surface area contributed by atoms with Gasteiger partial charge in [-0.2, -0.15) is 0 Å². The molecule has 1 fully saturated rings. The van der Waals surface area contributed by atoms with E-state index in [0.29, 0.717) is 34.7 Å². The van der Waals surface area contributed by atoms with Crippen LogP contribution in [0.15, 0.2) is 53.4 Å². The van der Waals surface area contributed by atoms with E-state index in [1.807, 2.05) is 13.0 Å². The van der Waals surface area contributed by atoms with E-state index in [0.717, 1.165) is 11.8 Å². The van der Waals surface area contributed by atoms with Crippen LogP contribution in [0.2, 0.25) is 0 Å². The summed E-state index contributed by atoms with van der Waals surface area (Å²) in [5.41, 5.74) is 0.843. The number of rotatable bonds is 5. The second-order valence-electron chi connectivity index (χ2n) is 8.48. The average molecular weight is 467 g/mol. The molecule has 2 aromatic carbocycles. The molecular weight excluding hydrogens is 440 g/mol. The lowest BCUT2D eigenvalue weighted by molar-refractivity contribution is -0.117. The SMILES string of the molecule is CN(C)C(=O)Sc1ccccc1NC(=O)CCN1C(=O)c2ccccc2N2C(=O)CCC12C. The minimum Gasteiger partial charge on any atom is -0.339 e. The van der Waals surface area contributed by atoms with E-state index in [1.54, 1.807) is 66.4 Å². The smallest absolute Gasteiger partial charge is 0.286 e. The van der Waals surface area contributed by atoms with Crippen LogP contribution >= 0.6 is 11.8 Å². The molecule has 0 radical (unpaired) electrons. The number of carbonyl (C=O) groups is 4. The van der Waals surface area contributed by atoms with Crippen molar-refractivity contribution in [2.24, 2.45) is 0 Å². The number of anilines is 2. The first kappa shape index (κ1) is 22.8. The number of hydrogen-bond donors (Lipinski definition) is 1. The van der Waals surface area contributed by atoms with Gasteiger partial charge in [-0.05, 0) is 49.4 Å². The number of thioether (sulfide) groups is 1. The van der Waals surface area contributed by atoms with Gasteiger partial charge in [-0.3, -0.25) is 24.1 Å². The largest absolute Gasteiger partial charge is 0.339 e. The van der Waals surface area contributed by atoms with E-state index in [2.05, 4.69) is 5.32 Å². The van der Waals surface area contributed by atoms with Crippen molar-refractivity contribution in [3.63, 3.8) is 0 Å². The number of amides is 4. The van der Waals surface area contributed by atoms with Crippen molar-refractivity contribution in [1.29, 1.82) is 0 Å². The Morgan fingerprint density at radius 2 is 1.79 bits per heavy atom. The number of hydrogen-bond acceptors (Lipinski definition) is 5. The summed E-state index contributed by atoms with van der Waals surface area (Å²) >= 11 is 1.03. The Morgan fingerprint density at radius 1 is 1.09 bits per heavy atom. The molecule has 4 amide bonds. The fourth-order valence-corrected chi connectivity index (χ4v) is 5.06. The van der Waals surface area contributed by atoms with Crippen LogP contribution in [0.4, 0.5) is 16.2 Å². The van der Waals surface area contributed by atoms with Crippen LogP contribution in [0.25, 0.3) is 0 Å². The molecule has 1 unspecified atom stereocenters. The fraction of sp³-hybridized carbons (Fsp3) is 0.333. The van der Waals surface area contributed by atoms with Crippen molar-refractivity contribution in [2.45, 2.75) is 36.7 Å². The molecule has 0 aliphatic carbocycles. The lowest BCUT2D eigenvalue weighted by Crippen LogP contribution is -2.62. The molecule has 8 nitrogen and oxygen atoms in total. The van der Waals surface area contributed by atoms with E-state index >= 15 is 0 Å². The summed E-state index contributed by atoms with van der Waals surface area (Å²) in [6, 6.07) is 14.2. The minimum absolute atomic E-state index is 0.0246. The number of nitrogens with zero attached hydrogens (tertiary/aromatic N) is 3. The molecular formula is C24H26N4O4S. The maximum Gasteiger partial charge on any atom is 0.286 e. The number of benzene rings is 2. The normalized spacial score (nSPS) is 19.2. The third-order valence-electron chi connectivity index (χ3n) is 6.03. The molecule has 172 valence electrons. The highest BCUT2D eigenvalue weighted by molar-refractivity contribution is 8.13. The highest BCUT2D eigenvalue weighted by atomic mass is 32.2. The van der Waals surface area contributed by atoms with E-state index in [1.165, 1.54) is 4.90 Å². The molecule has 2 heterocycles. The summed E-state index contributed by atoms with van der Waals surface area (Å²) in [7, 11) is 3.34. The Kier molecular flexibility index (Phi) is 6.16. The van der Waals surface area contributed by atoms with Crippen molar-refractivity contribution in [2.75, 3.05) is 30.9 Å². The third kappa shape index (κ3) is 4.20. The van der Waals surface area contributed by atoms with E-state index in [9.17, 15) is 19.2 Å². The fourth-order valence-electron chi connectivity index (χ4n) is 4.31. The van der Waals surface area contributed by atoms with Crippen LogP contribution in [0.5, 0.6) is 0 Å². The molecule has 0 spiro atoms. The molecule has 4 rings (SSSR count). The van der Waals surface area contributed by atoms with Gasteiger partial charge in [0.1, 0.15) is 5.66 Å². The predicted molar refractivity (Wildman–Crippen MR) is 127 cm³/mol. The maximum atomic E-state index is 13.3. The van der Waals surface area contributed by atoms with Gasteiger partial charge >= 0.3 is 0 Å². The van der Waals surface area contributed by atoms with Gasteiger partial charge in [0.05, 0.1) is 16.9 Å². The molecule has 33 heavy (non-hydrogen) atoms. The lowest BCUT2D eigenvalue weighted by Gasteiger charge is -2.48. The summed E-state index contributed by atoms with van der Waals surface area (Å²) < 4.78 is 0. The molecule has 1 N–H and O–H groups in total. The average Bonchev–Trinajstić information content (AvgIpc) is 3.10. The van der Waals surface area contributed by atoms with Gasteiger partial charge in [-0.25, -0.2) is 0 Å². The minimum atomic E-state index is -0.797. The van der Waals surface area contributed by atoms with Gasteiger partial charge in [0.25, 0.3) is 11.1 Å². The summed E-state index contributed by atoms with van der Waals surface area (Å²) in [4.78, 5) is 56.3. The number of nitrogens with one attached hydrogen (secondary N) is 1. The van der Waals surface area contributed by atoms with Crippen LogP contribution in [-0.2, 0) is 9.59 Å². The molecule has 0 aromatic heterocycles. The zero-order valence-corrected chi connectivity index (χ0v) is 19.6. The second kappa shape index (κ2) is 8.90. The number of fused-ring (bicyclic) bond motifs is 3. The van der Waals surface area contributed by atoms with Gasteiger partial charge in [-0.1, -0.05) is 24.3 Å². The summed E-state index contributed by atoms with van der Waals surface area (Å²) in [5.74, 6) is -0.478. The Hall–Kier alpha value is -3.33. The van der Waals surface area contributed by atoms with E-state index < -0.39 is 5.66 Å². The van der Waals surface area contributed by atoms with Crippen molar-refractivity contribution < 1.29 is 19.2 Å². The first-order valence-corrected chi connectivity index (χ1v) is 11.6. The Balaban J connectivity index is 1.50. The molecule has 9 heteroatoms. The van der Waals surface area contributed by atoms with Gasteiger partial charge in [0, 0.05) is 38.4 Å². The zero-order chi connectivity index (χ0) is 23.8. The standard InChI is InChI=1S/C24H26N4O4S/c1-24-14-12-21(30)28(24)18-10-6-4-8-16(18)22(31)27(24)15-13-20(29)25-17-9-5-7-11-19(17)33-23(32)26(2)3/h4-11H,12-15H2,1-3H3,(H,25,29). The molecule has 2 aromatic rings. The van der Waals surface area contributed by atoms with Gasteiger partial charge in [-0.15, -0.1) is 0 Å². The molecule has 2 aliphatic heterocycles. The van der Waals surface area contributed by atoms with Crippen LogP contribution in [0, 0.1) is 0 Å². The summed E-state index contributed by atoms with van der Waals surface area (Å²) in [5, 5.41) is 2.72.